The fourth-order valence-electron chi connectivity index (χ4n) is 2.00. The second-order valence-electron chi connectivity index (χ2n) is 5.00. The average molecular weight is 258 g/mol. The van der Waals surface area contributed by atoms with Gasteiger partial charge in [0.1, 0.15) is 12.7 Å². The van der Waals surface area contributed by atoms with Crippen LogP contribution in [-0.2, 0) is 23.9 Å². The van der Waals surface area contributed by atoms with E-state index < -0.39 is 35.3 Å². The van der Waals surface area contributed by atoms with Crippen LogP contribution in [0.25, 0.3) is 0 Å². The van der Waals surface area contributed by atoms with Gasteiger partial charge in [0.15, 0.2) is 0 Å². The molecule has 0 bridgehead atoms. The van der Waals surface area contributed by atoms with Crippen molar-refractivity contribution >= 4 is 17.9 Å². The highest BCUT2D eigenvalue weighted by molar-refractivity contribution is 5.77. The van der Waals surface area contributed by atoms with Gasteiger partial charge in [-0.25, -0.2) is 0 Å². The van der Waals surface area contributed by atoms with Crippen LogP contribution in [0.3, 0.4) is 0 Å². The van der Waals surface area contributed by atoms with Crippen LogP contribution in [-0.4, -0.2) is 35.7 Å². The lowest BCUT2D eigenvalue weighted by Crippen LogP contribution is -2.41. The predicted octanol–water partition coefficient (Wildman–Crippen LogP) is 0.982. The van der Waals surface area contributed by atoms with E-state index in [4.69, 9.17) is 9.47 Å². The Morgan fingerprint density at radius 1 is 1.33 bits per heavy atom. The molecule has 102 valence electrons. The molecule has 0 aromatic carbocycles. The van der Waals surface area contributed by atoms with E-state index in [1.54, 1.807) is 6.92 Å². The molecule has 0 amide bonds. The third-order valence-electron chi connectivity index (χ3n) is 3.32. The van der Waals surface area contributed by atoms with Crippen LogP contribution < -0.4 is 0 Å². The third kappa shape index (κ3) is 3.21. The molecule has 0 aliphatic carbocycles. The van der Waals surface area contributed by atoms with Crippen molar-refractivity contribution in [3.8, 4) is 0 Å². The van der Waals surface area contributed by atoms with E-state index in [1.165, 1.54) is 13.8 Å². The Kier molecular flexibility index (Phi) is 4.32. The van der Waals surface area contributed by atoms with Crippen LogP contribution in [0.4, 0.5) is 0 Å². The zero-order valence-corrected chi connectivity index (χ0v) is 10.8. The van der Waals surface area contributed by atoms with Crippen LogP contribution in [0, 0.1) is 11.3 Å². The number of carboxylic acids is 1. The third-order valence-corrected chi connectivity index (χ3v) is 3.32. The number of ether oxygens (including phenoxy) is 2. The summed E-state index contributed by atoms with van der Waals surface area (Å²) in [5, 5.41) is 9.20. The Morgan fingerprint density at radius 2 is 1.94 bits per heavy atom. The first-order chi connectivity index (χ1) is 8.25. The molecule has 6 heteroatoms. The lowest BCUT2D eigenvalue weighted by atomic mass is 9.74. The van der Waals surface area contributed by atoms with Crippen molar-refractivity contribution in [3.05, 3.63) is 0 Å². The van der Waals surface area contributed by atoms with Crippen molar-refractivity contribution < 1.29 is 29.0 Å². The molecule has 1 aliphatic rings. The largest absolute Gasteiger partial charge is 0.481 e. The number of rotatable bonds is 2. The predicted molar refractivity (Wildman–Crippen MR) is 60.7 cm³/mol. The van der Waals surface area contributed by atoms with Gasteiger partial charge in [0.2, 0.25) is 0 Å². The number of esters is 2. The van der Waals surface area contributed by atoms with Crippen molar-refractivity contribution in [2.45, 2.75) is 39.7 Å². The molecule has 0 aromatic rings. The summed E-state index contributed by atoms with van der Waals surface area (Å²) < 4.78 is 9.99. The summed E-state index contributed by atoms with van der Waals surface area (Å²) in [6, 6.07) is 0. The summed E-state index contributed by atoms with van der Waals surface area (Å²) in [5.74, 6) is -2.64. The van der Waals surface area contributed by atoms with Crippen molar-refractivity contribution in [2.75, 3.05) is 6.61 Å². The van der Waals surface area contributed by atoms with Crippen LogP contribution in [0.15, 0.2) is 0 Å². The number of aliphatic carboxylic acids is 1. The highest BCUT2D eigenvalue weighted by Crippen LogP contribution is 2.34. The maximum atomic E-state index is 11.5. The van der Waals surface area contributed by atoms with E-state index in [2.05, 4.69) is 0 Å². The summed E-state index contributed by atoms with van der Waals surface area (Å²) in [6.07, 6.45) is -0.724. The van der Waals surface area contributed by atoms with Crippen LogP contribution in [0.1, 0.15) is 33.6 Å². The molecule has 0 saturated carbocycles. The summed E-state index contributed by atoms with van der Waals surface area (Å²) in [6.45, 7) is 4.60. The van der Waals surface area contributed by atoms with Gasteiger partial charge in [0, 0.05) is 5.92 Å². The van der Waals surface area contributed by atoms with Gasteiger partial charge >= 0.3 is 17.9 Å². The summed E-state index contributed by atoms with van der Waals surface area (Å²) in [4.78, 5) is 34.2. The van der Waals surface area contributed by atoms with Crippen molar-refractivity contribution in [2.24, 2.45) is 11.3 Å². The molecular formula is C12H18O6. The highest BCUT2D eigenvalue weighted by Gasteiger charge is 2.43. The Hall–Kier alpha value is -1.59. The average Bonchev–Trinajstić information content (AvgIpc) is 2.29. The maximum Gasteiger partial charge on any atom is 0.309 e. The zero-order valence-electron chi connectivity index (χ0n) is 10.8. The topological polar surface area (TPSA) is 89.9 Å². The molecule has 0 aromatic heterocycles. The monoisotopic (exact) mass is 258 g/mol. The molecule has 6 nitrogen and oxygen atoms in total. The Balaban J connectivity index is 2.99. The zero-order chi connectivity index (χ0) is 13.9. The van der Waals surface area contributed by atoms with Crippen LogP contribution in [0.2, 0.25) is 0 Å². The fraction of sp³-hybridized carbons (Fsp3) is 0.750. The molecule has 1 N–H and O–H groups in total. The normalized spacial score (nSPS) is 26.4. The van der Waals surface area contributed by atoms with E-state index >= 15 is 0 Å². The molecule has 2 unspecified atom stereocenters. The SMILES string of the molecule is CC1OC(=O)CCOC(=O)CC1C(C)(C)C(=O)O. The Morgan fingerprint density at radius 3 is 2.50 bits per heavy atom. The summed E-state index contributed by atoms with van der Waals surface area (Å²) >= 11 is 0. The quantitative estimate of drug-likeness (QED) is 0.742. The summed E-state index contributed by atoms with van der Waals surface area (Å²) in [7, 11) is 0. The van der Waals surface area contributed by atoms with E-state index in [9.17, 15) is 19.5 Å². The van der Waals surface area contributed by atoms with Crippen molar-refractivity contribution in [1.82, 2.24) is 0 Å². The molecule has 0 spiro atoms. The summed E-state index contributed by atoms with van der Waals surface area (Å²) in [5.41, 5.74) is -1.18. The molecule has 1 saturated heterocycles. The Labute approximate surface area is 105 Å². The van der Waals surface area contributed by atoms with E-state index in [0.29, 0.717) is 0 Å². The first-order valence-corrected chi connectivity index (χ1v) is 5.83. The minimum absolute atomic E-state index is 0.00367. The van der Waals surface area contributed by atoms with Crippen LogP contribution in [0.5, 0.6) is 0 Å². The minimum Gasteiger partial charge on any atom is -0.481 e. The first-order valence-electron chi connectivity index (χ1n) is 5.83. The lowest BCUT2D eigenvalue weighted by Gasteiger charge is -2.33. The molecule has 2 atom stereocenters. The van der Waals surface area contributed by atoms with Gasteiger partial charge < -0.3 is 14.6 Å². The fourth-order valence-corrected chi connectivity index (χ4v) is 2.00. The van der Waals surface area contributed by atoms with E-state index in [-0.39, 0.29) is 19.4 Å². The van der Waals surface area contributed by atoms with Crippen LogP contribution >= 0.6 is 0 Å². The maximum absolute atomic E-state index is 11.5. The Bertz CT molecular complexity index is 360. The number of carbonyl (C=O) groups excluding carboxylic acids is 2. The molecule has 1 aliphatic heterocycles. The number of carboxylic acid groups (broad SMARTS) is 1. The number of carbonyl (C=O) groups is 3. The van der Waals surface area contributed by atoms with E-state index in [1.807, 2.05) is 0 Å². The van der Waals surface area contributed by atoms with E-state index in [0.717, 1.165) is 0 Å². The lowest BCUT2D eigenvalue weighted by molar-refractivity contribution is -0.163. The van der Waals surface area contributed by atoms with Crippen molar-refractivity contribution in [1.29, 1.82) is 0 Å². The van der Waals surface area contributed by atoms with Gasteiger partial charge in [0.25, 0.3) is 0 Å². The first kappa shape index (κ1) is 14.5. The molecule has 1 fully saturated rings. The van der Waals surface area contributed by atoms with Gasteiger partial charge in [-0.1, -0.05) is 0 Å². The molecule has 0 radical (unpaired) electrons. The van der Waals surface area contributed by atoms with Gasteiger partial charge in [-0.2, -0.15) is 0 Å². The van der Waals surface area contributed by atoms with Gasteiger partial charge in [-0.3, -0.25) is 14.4 Å². The number of hydrogen-bond donors (Lipinski definition) is 1. The second kappa shape index (κ2) is 5.37. The highest BCUT2D eigenvalue weighted by atomic mass is 16.6. The van der Waals surface area contributed by atoms with Gasteiger partial charge in [0.05, 0.1) is 18.3 Å². The van der Waals surface area contributed by atoms with Crippen molar-refractivity contribution in [3.63, 3.8) is 0 Å². The molecule has 18 heavy (non-hydrogen) atoms. The van der Waals surface area contributed by atoms with Gasteiger partial charge in [-0.15, -0.1) is 0 Å². The minimum atomic E-state index is -1.18. The smallest absolute Gasteiger partial charge is 0.309 e. The molecular weight excluding hydrogens is 240 g/mol. The molecule has 1 rings (SSSR count). The number of hydrogen-bond acceptors (Lipinski definition) is 5. The molecule has 1 heterocycles. The number of cyclic esters (lactones) is 2. The van der Waals surface area contributed by atoms with Gasteiger partial charge in [-0.05, 0) is 20.8 Å². The second-order valence-corrected chi connectivity index (χ2v) is 5.00. The standard InChI is InChI=1S/C12H18O6/c1-7-8(12(2,3)11(15)16)6-10(14)17-5-4-9(13)18-7/h7-8H,4-6H2,1-3H3,(H,15,16).